The van der Waals surface area contributed by atoms with Crippen molar-refractivity contribution in [2.24, 2.45) is 5.73 Å². The minimum atomic E-state index is -0.567. The normalized spacial score (nSPS) is 20.2. The van der Waals surface area contributed by atoms with Crippen LogP contribution in [0.5, 0.6) is 0 Å². The topological polar surface area (TPSA) is 94.9 Å². The minimum Gasteiger partial charge on any atom is -0.383 e. The smallest absolute Gasteiger partial charge is 0.254 e. The predicted octanol–water partition coefficient (Wildman–Crippen LogP) is 1.42. The maximum atomic E-state index is 11.2. The van der Waals surface area contributed by atoms with Crippen LogP contribution in [0, 0.1) is 6.92 Å². The molecule has 0 aliphatic carbocycles. The highest BCUT2D eigenvalue weighted by atomic mass is 32.2. The first-order valence-electron chi connectivity index (χ1n) is 5.65. The van der Waals surface area contributed by atoms with Crippen molar-refractivity contribution in [2.75, 3.05) is 11.5 Å². The first kappa shape index (κ1) is 12.2. The van der Waals surface area contributed by atoms with Crippen LogP contribution >= 0.6 is 11.8 Å². The Morgan fingerprint density at radius 2 is 2.18 bits per heavy atom. The van der Waals surface area contributed by atoms with Crippen LogP contribution < -0.4 is 11.5 Å². The van der Waals surface area contributed by atoms with E-state index in [1.807, 2.05) is 11.8 Å². The van der Waals surface area contributed by atoms with Gasteiger partial charge in [0.25, 0.3) is 5.91 Å². The SMILES string of the molecule is Cc1nc(C2CCCCS2)nc(N)c1C(N)=O. The largest absolute Gasteiger partial charge is 0.383 e. The molecule has 1 fully saturated rings. The van der Waals surface area contributed by atoms with Crippen molar-refractivity contribution in [2.45, 2.75) is 31.4 Å². The second-order valence-corrected chi connectivity index (χ2v) is 5.46. The van der Waals surface area contributed by atoms with Crippen LogP contribution in [0.15, 0.2) is 0 Å². The molecule has 2 rings (SSSR count). The average molecular weight is 252 g/mol. The van der Waals surface area contributed by atoms with Crippen molar-refractivity contribution in [3.05, 3.63) is 17.1 Å². The summed E-state index contributed by atoms with van der Waals surface area (Å²) in [5.41, 5.74) is 11.8. The zero-order valence-electron chi connectivity index (χ0n) is 9.77. The number of carbonyl (C=O) groups excluding carboxylic acids is 1. The summed E-state index contributed by atoms with van der Waals surface area (Å²) in [4.78, 5) is 19.8. The van der Waals surface area contributed by atoms with E-state index in [9.17, 15) is 4.79 Å². The molecule has 1 aliphatic rings. The van der Waals surface area contributed by atoms with Crippen LogP contribution in [0.1, 0.15) is 46.4 Å². The molecular weight excluding hydrogens is 236 g/mol. The number of nitrogens with two attached hydrogens (primary N) is 2. The van der Waals surface area contributed by atoms with Gasteiger partial charge in [-0.25, -0.2) is 9.97 Å². The summed E-state index contributed by atoms with van der Waals surface area (Å²) in [6.45, 7) is 1.75. The van der Waals surface area contributed by atoms with Crippen LogP contribution in [-0.2, 0) is 0 Å². The van der Waals surface area contributed by atoms with E-state index in [4.69, 9.17) is 11.5 Å². The summed E-state index contributed by atoms with van der Waals surface area (Å²) >= 11 is 1.85. The van der Waals surface area contributed by atoms with E-state index in [0.29, 0.717) is 10.9 Å². The van der Waals surface area contributed by atoms with Gasteiger partial charge in [-0.2, -0.15) is 11.8 Å². The van der Waals surface area contributed by atoms with Crippen LogP contribution in [-0.4, -0.2) is 21.6 Å². The average Bonchev–Trinajstić information content (AvgIpc) is 2.28. The van der Waals surface area contributed by atoms with Crippen molar-refractivity contribution in [3.8, 4) is 0 Å². The Bertz CT molecular complexity index is 420. The van der Waals surface area contributed by atoms with Crippen molar-refractivity contribution < 1.29 is 4.79 Å². The number of aromatic nitrogens is 2. The third kappa shape index (κ3) is 2.52. The number of rotatable bonds is 2. The van der Waals surface area contributed by atoms with Crippen molar-refractivity contribution >= 4 is 23.5 Å². The van der Waals surface area contributed by atoms with Gasteiger partial charge in [0.2, 0.25) is 0 Å². The van der Waals surface area contributed by atoms with E-state index < -0.39 is 5.91 Å². The molecule has 6 heteroatoms. The molecule has 1 amide bonds. The van der Waals surface area contributed by atoms with Crippen molar-refractivity contribution in [1.82, 2.24) is 9.97 Å². The third-order valence-corrected chi connectivity index (χ3v) is 4.22. The zero-order chi connectivity index (χ0) is 12.4. The fourth-order valence-corrected chi connectivity index (χ4v) is 3.25. The third-order valence-electron chi connectivity index (χ3n) is 2.85. The molecule has 1 atom stereocenters. The van der Waals surface area contributed by atoms with Gasteiger partial charge in [-0.15, -0.1) is 0 Å². The van der Waals surface area contributed by atoms with Gasteiger partial charge in [0.05, 0.1) is 10.9 Å². The monoisotopic (exact) mass is 252 g/mol. The van der Waals surface area contributed by atoms with E-state index in [2.05, 4.69) is 9.97 Å². The molecule has 4 N–H and O–H groups in total. The highest BCUT2D eigenvalue weighted by molar-refractivity contribution is 7.99. The number of aryl methyl sites for hydroxylation is 1. The van der Waals surface area contributed by atoms with Gasteiger partial charge in [0.1, 0.15) is 17.2 Å². The standard InChI is InChI=1S/C11H16N4OS/c1-6-8(10(13)16)9(12)15-11(14-6)7-4-2-3-5-17-7/h7H,2-5H2,1H3,(H2,13,16)(H2,12,14,15). The Morgan fingerprint density at radius 3 is 2.71 bits per heavy atom. The van der Waals surface area contributed by atoms with Gasteiger partial charge in [-0.1, -0.05) is 6.42 Å². The number of hydrogen-bond donors (Lipinski definition) is 2. The quantitative estimate of drug-likeness (QED) is 0.830. The fraction of sp³-hybridized carbons (Fsp3) is 0.545. The summed E-state index contributed by atoms with van der Waals surface area (Å²) in [5.74, 6) is 1.49. The van der Waals surface area contributed by atoms with Crippen molar-refractivity contribution in [3.63, 3.8) is 0 Å². The molecule has 5 nitrogen and oxygen atoms in total. The number of primary amides is 1. The Labute approximate surface area is 104 Å². The molecule has 1 aromatic rings. The molecule has 0 aromatic carbocycles. The number of nitrogen functional groups attached to an aromatic ring is 1. The Hall–Kier alpha value is -1.30. The summed E-state index contributed by atoms with van der Waals surface area (Å²) < 4.78 is 0. The molecule has 0 spiro atoms. The lowest BCUT2D eigenvalue weighted by atomic mass is 10.1. The van der Waals surface area contributed by atoms with E-state index in [-0.39, 0.29) is 11.4 Å². The lowest BCUT2D eigenvalue weighted by Gasteiger charge is -2.20. The van der Waals surface area contributed by atoms with E-state index in [0.717, 1.165) is 18.0 Å². The molecule has 1 aromatic heterocycles. The summed E-state index contributed by atoms with van der Waals surface area (Å²) in [6, 6.07) is 0. The van der Waals surface area contributed by atoms with Crippen LogP contribution in [0.4, 0.5) is 5.82 Å². The van der Waals surface area contributed by atoms with E-state index >= 15 is 0 Å². The molecule has 1 aliphatic heterocycles. The molecule has 2 heterocycles. The molecule has 1 saturated heterocycles. The first-order valence-corrected chi connectivity index (χ1v) is 6.70. The van der Waals surface area contributed by atoms with Gasteiger partial charge in [0, 0.05) is 0 Å². The lowest BCUT2D eigenvalue weighted by Crippen LogP contribution is -2.19. The molecule has 92 valence electrons. The second-order valence-electron chi connectivity index (χ2n) is 4.15. The first-order chi connectivity index (χ1) is 8.09. The minimum absolute atomic E-state index is 0.200. The van der Waals surface area contributed by atoms with Crippen molar-refractivity contribution in [1.29, 1.82) is 0 Å². The molecular formula is C11H16N4OS. The van der Waals surface area contributed by atoms with Gasteiger partial charge in [0.15, 0.2) is 0 Å². The van der Waals surface area contributed by atoms with Gasteiger partial charge >= 0.3 is 0 Å². The van der Waals surface area contributed by atoms with Gasteiger partial charge < -0.3 is 11.5 Å². The highest BCUT2D eigenvalue weighted by Gasteiger charge is 2.22. The number of nitrogens with zero attached hydrogens (tertiary/aromatic N) is 2. The number of thioether (sulfide) groups is 1. The zero-order valence-corrected chi connectivity index (χ0v) is 10.6. The Balaban J connectivity index is 2.34. The Morgan fingerprint density at radius 1 is 1.41 bits per heavy atom. The van der Waals surface area contributed by atoms with E-state index in [1.165, 1.54) is 12.8 Å². The van der Waals surface area contributed by atoms with Crippen LogP contribution in [0.2, 0.25) is 0 Å². The van der Waals surface area contributed by atoms with Gasteiger partial charge in [-0.05, 0) is 25.5 Å². The fourth-order valence-electron chi connectivity index (χ4n) is 2.01. The molecule has 1 unspecified atom stereocenters. The summed E-state index contributed by atoms with van der Waals surface area (Å²) in [5, 5.41) is 0.298. The lowest BCUT2D eigenvalue weighted by molar-refractivity contribution is 0.1000. The maximum Gasteiger partial charge on any atom is 0.254 e. The summed E-state index contributed by atoms with van der Waals surface area (Å²) in [6.07, 6.45) is 3.51. The number of hydrogen-bond acceptors (Lipinski definition) is 5. The Kier molecular flexibility index (Phi) is 3.51. The molecule has 0 radical (unpaired) electrons. The second kappa shape index (κ2) is 4.91. The van der Waals surface area contributed by atoms with E-state index in [1.54, 1.807) is 6.92 Å². The maximum absolute atomic E-state index is 11.2. The van der Waals surface area contributed by atoms with Crippen LogP contribution in [0.25, 0.3) is 0 Å². The molecule has 17 heavy (non-hydrogen) atoms. The van der Waals surface area contributed by atoms with Gasteiger partial charge in [-0.3, -0.25) is 4.79 Å². The number of carbonyl (C=O) groups is 1. The highest BCUT2D eigenvalue weighted by Crippen LogP contribution is 2.37. The number of anilines is 1. The molecule has 0 bridgehead atoms. The number of amides is 1. The molecule has 0 saturated carbocycles. The van der Waals surface area contributed by atoms with Crippen LogP contribution in [0.3, 0.4) is 0 Å². The predicted molar refractivity (Wildman–Crippen MR) is 68.7 cm³/mol. The summed E-state index contributed by atoms with van der Waals surface area (Å²) in [7, 11) is 0.